The Morgan fingerprint density at radius 2 is 1.96 bits per heavy atom. The van der Waals surface area contributed by atoms with Crippen LogP contribution in [0.1, 0.15) is 29.8 Å². The molecule has 1 aromatic carbocycles. The van der Waals surface area contributed by atoms with Crippen LogP contribution in [0.5, 0.6) is 0 Å². The van der Waals surface area contributed by atoms with Gasteiger partial charge in [-0.2, -0.15) is 0 Å². The topological polar surface area (TPSA) is 70.2 Å². The summed E-state index contributed by atoms with van der Waals surface area (Å²) in [6.07, 6.45) is 2.34. The summed E-state index contributed by atoms with van der Waals surface area (Å²) in [6, 6.07) is 7.07. The minimum Gasteiger partial charge on any atom is -0.341 e. The van der Waals surface area contributed by atoms with E-state index in [1.54, 1.807) is 6.07 Å². The lowest BCUT2D eigenvalue weighted by atomic mass is 10.2. The Hall–Kier alpha value is -2.34. The van der Waals surface area contributed by atoms with Crippen LogP contribution in [0.15, 0.2) is 24.3 Å². The Balaban J connectivity index is 1.61. The summed E-state index contributed by atoms with van der Waals surface area (Å²) >= 11 is 6.14. The molecule has 1 saturated heterocycles. The fourth-order valence-electron chi connectivity index (χ4n) is 2.82. The third kappa shape index (κ3) is 4.60. The third-order valence-electron chi connectivity index (χ3n) is 4.09. The van der Waals surface area contributed by atoms with Crippen molar-refractivity contribution < 1.29 is 4.79 Å². The first-order valence-corrected chi connectivity index (χ1v) is 8.79. The van der Waals surface area contributed by atoms with E-state index in [2.05, 4.69) is 25.5 Å². The van der Waals surface area contributed by atoms with E-state index in [4.69, 9.17) is 11.6 Å². The predicted octanol–water partition coefficient (Wildman–Crippen LogP) is 3.67. The number of amides is 2. The molecule has 0 radical (unpaired) electrons. The van der Waals surface area contributed by atoms with Crippen molar-refractivity contribution in [2.75, 3.05) is 23.3 Å². The lowest BCUT2D eigenvalue weighted by molar-refractivity contribution is 0.251. The highest BCUT2D eigenvalue weighted by molar-refractivity contribution is 6.33. The molecule has 0 saturated carbocycles. The van der Waals surface area contributed by atoms with E-state index in [0.29, 0.717) is 17.3 Å². The third-order valence-corrected chi connectivity index (χ3v) is 4.40. The zero-order chi connectivity index (χ0) is 17.8. The van der Waals surface area contributed by atoms with Crippen LogP contribution in [0.25, 0.3) is 0 Å². The van der Waals surface area contributed by atoms with Crippen LogP contribution < -0.4 is 15.5 Å². The van der Waals surface area contributed by atoms with Crippen molar-refractivity contribution in [3.63, 3.8) is 0 Å². The van der Waals surface area contributed by atoms with Crippen molar-refractivity contribution in [1.82, 2.24) is 15.3 Å². The molecule has 2 heterocycles. The maximum atomic E-state index is 12.1. The molecule has 1 aliphatic rings. The molecule has 0 bridgehead atoms. The van der Waals surface area contributed by atoms with Gasteiger partial charge >= 0.3 is 6.03 Å². The van der Waals surface area contributed by atoms with Crippen molar-refractivity contribution in [2.45, 2.75) is 33.2 Å². The van der Waals surface area contributed by atoms with Crippen LogP contribution in [0.3, 0.4) is 0 Å². The van der Waals surface area contributed by atoms with Crippen LogP contribution in [-0.2, 0) is 6.54 Å². The number of rotatable bonds is 4. The van der Waals surface area contributed by atoms with Gasteiger partial charge in [-0.1, -0.05) is 17.7 Å². The van der Waals surface area contributed by atoms with Gasteiger partial charge in [0.1, 0.15) is 0 Å². The predicted molar refractivity (Wildman–Crippen MR) is 100 cm³/mol. The summed E-state index contributed by atoms with van der Waals surface area (Å²) in [5.41, 5.74) is 3.32. The Bertz CT molecular complexity index is 774. The van der Waals surface area contributed by atoms with Crippen molar-refractivity contribution >= 4 is 29.3 Å². The summed E-state index contributed by atoms with van der Waals surface area (Å²) in [7, 11) is 0. The number of hydrogen-bond donors (Lipinski definition) is 2. The first kappa shape index (κ1) is 17.5. The monoisotopic (exact) mass is 359 g/mol. The smallest absolute Gasteiger partial charge is 0.319 e. The van der Waals surface area contributed by atoms with Crippen LogP contribution in [0.2, 0.25) is 5.02 Å². The minimum absolute atomic E-state index is 0.315. The van der Waals surface area contributed by atoms with Gasteiger partial charge in [0.15, 0.2) is 0 Å². The SMILES string of the molecule is Cc1ccc(NC(=O)NCc2cc(C)nc(N3CCCC3)n2)c(Cl)c1. The second-order valence-electron chi connectivity index (χ2n) is 6.29. The minimum atomic E-state index is -0.315. The zero-order valence-electron chi connectivity index (χ0n) is 14.5. The summed E-state index contributed by atoms with van der Waals surface area (Å²) < 4.78 is 0. The van der Waals surface area contributed by atoms with Gasteiger partial charge in [0.2, 0.25) is 5.95 Å². The molecule has 0 unspecified atom stereocenters. The van der Waals surface area contributed by atoms with Crippen molar-refractivity contribution in [1.29, 1.82) is 0 Å². The molecule has 0 aliphatic carbocycles. The standard InChI is InChI=1S/C18H22ClN5O/c1-12-5-6-16(15(19)9-12)23-18(25)20-11-14-10-13(2)21-17(22-14)24-7-3-4-8-24/h5-6,9-10H,3-4,7-8,11H2,1-2H3,(H2,20,23,25). The molecule has 1 aliphatic heterocycles. The number of urea groups is 1. The lowest BCUT2D eigenvalue weighted by Crippen LogP contribution is -2.29. The molecule has 25 heavy (non-hydrogen) atoms. The molecular weight excluding hydrogens is 338 g/mol. The molecule has 1 aromatic heterocycles. The van der Waals surface area contributed by atoms with E-state index in [-0.39, 0.29) is 6.03 Å². The van der Waals surface area contributed by atoms with E-state index in [1.807, 2.05) is 32.0 Å². The number of carbonyl (C=O) groups excluding carboxylic acids is 1. The van der Waals surface area contributed by atoms with Gasteiger partial charge in [0.05, 0.1) is 22.9 Å². The highest BCUT2D eigenvalue weighted by Crippen LogP contribution is 2.22. The Morgan fingerprint density at radius 3 is 2.68 bits per heavy atom. The number of halogens is 1. The molecule has 6 nitrogen and oxygen atoms in total. The quantitative estimate of drug-likeness (QED) is 0.873. The van der Waals surface area contributed by atoms with E-state index in [9.17, 15) is 4.79 Å². The summed E-state index contributed by atoms with van der Waals surface area (Å²) in [5, 5.41) is 6.09. The second kappa shape index (κ2) is 7.70. The van der Waals surface area contributed by atoms with Gasteiger partial charge in [0.25, 0.3) is 0 Å². The van der Waals surface area contributed by atoms with Crippen molar-refractivity contribution in [3.8, 4) is 0 Å². The first-order chi connectivity index (χ1) is 12.0. The fraction of sp³-hybridized carbons (Fsp3) is 0.389. The normalized spacial score (nSPS) is 13.8. The van der Waals surface area contributed by atoms with Crippen molar-refractivity contribution in [2.24, 2.45) is 0 Å². The molecule has 132 valence electrons. The van der Waals surface area contributed by atoms with Gasteiger partial charge in [-0.05, 0) is 50.5 Å². The number of aromatic nitrogens is 2. The zero-order valence-corrected chi connectivity index (χ0v) is 15.2. The second-order valence-corrected chi connectivity index (χ2v) is 6.69. The number of benzene rings is 1. The number of nitrogens with zero attached hydrogens (tertiary/aromatic N) is 3. The summed E-state index contributed by atoms with van der Waals surface area (Å²) in [6.45, 7) is 6.20. The van der Waals surface area contributed by atoms with Crippen LogP contribution in [0, 0.1) is 13.8 Å². The first-order valence-electron chi connectivity index (χ1n) is 8.42. The van der Waals surface area contributed by atoms with Crippen LogP contribution >= 0.6 is 11.6 Å². The number of hydrogen-bond acceptors (Lipinski definition) is 4. The van der Waals surface area contributed by atoms with Crippen molar-refractivity contribution in [3.05, 3.63) is 46.2 Å². The lowest BCUT2D eigenvalue weighted by Gasteiger charge is -2.16. The van der Waals surface area contributed by atoms with Crippen LogP contribution in [0.4, 0.5) is 16.4 Å². The molecular formula is C18H22ClN5O. The maximum absolute atomic E-state index is 12.1. The molecule has 3 rings (SSSR count). The molecule has 1 fully saturated rings. The number of anilines is 2. The van der Waals surface area contributed by atoms with E-state index in [0.717, 1.165) is 36.0 Å². The molecule has 7 heteroatoms. The molecule has 2 aromatic rings. The Morgan fingerprint density at radius 1 is 1.20 bits per heavy atom. The van der Waals surface area contributed by atoms with Crippen LogP contribution in [-0.4, -0.2) is 29.1 Å². The number of aryl methyl sites for hydroxylation is 2. The average Bonchev–Trinajstić information content (AvgIpc) is 3.10. The Labute approximate surface area is 152 Å². The molecule has 0 spiro atoms. The summed E-state index contributed by atoms with van der Waals surface area (Å²) in [4.78, 5) is 23.4. The summed E-state index contributed by atoms with van der Waals surface area (Å²) in [5.74, 6) is 0.747. The Kier molecular flexibility index (Phi) is 5.38. The van der Waals surface area contributed by atoms with E-state index in [1.165, 1.54) is 12.8 Å². The average molecular weight is 360 g/mol. The fourth-order valence-corrected chi connectivity index (χ4v) is 3.11. The van der Waals surface area contributed by atoms with Gasteiger partial charge in [-0.25, -0.2) is 14.8 Å². The van der Waals surface area contributed by atoms with Gasteiger partial charge in [-0.15, -0.1) is 0 Å². The maximum Gasteiger partial charge on any atom is 0.319 e. The highest BCUT2D eigenvalue weighted by Gasteiger charge is 2.16. The van der Waals surface area contributed by atoms with Gasteiger partial charge in [-0.3, -0.25) is 0 Å². The number of nitrogens with one attached hydrogen (secondary N) is 2. The highest BCUT2D eigenvalue weighted by atomic mass is 35.5. The van der Waals surface area contributed by atoms with E-state index < -0.39 is 0 Å². The van der Waals surface area contributed by atoms with Gasteiger partial charge in [0, 0.05) is 18.8 Å². The molecule has 2 N–H and O–H groups in total. The largest absolute Gasteiger partial charge is 0.341 e. The van der Waals surface area contributed by atoms with E-state index >= 15 is 0 Å². The molecule has 2 amide bonds. The molecule has 0 atom stereocenters. The van der Waals surface area contributed by atoms with Gasteiger partial charge < -0.3 is 15.5 Å². The number of carbonyl (C=O) groups is 1.